The number of carbonyl (C=O) groups excluding carboxylic acids is 1. The van der Waals surface area contributed by atoms with Gasteiger partial charge in [0.25, 0.3) is 5.91 Å². The summed E-state index contributed by atoms with van der Waals surface area (Å²) in [4.78, 5) is 22.0. The number of phenols is 1. The molecule has 1 amide bonds. The Morgan fingerprint density at radius 3 is 2.41 bits per heavy atom. The molecule has 0 radical (unpaired) electrons. The van der Waals surface area contributed by atoms with Gasteiger partial charge in [-0.05, 0) is 31.2 Å². The van der Waals surface area contributed by atoms with Crippen LogP contribution in [-0.4, -0.2) is 30.7 Å². The van der Waals surface area contributed by atoms with Crippen molar-refractivity contribution in [3.63, 3.8) is 0 Å². The molecular weight excluding hydrogens is 342 g/mol. The Morgan fingerprint density at radius 2 is 1.70 bits per heavy atom. The maximum Gasteiger partial charge on any atom is 0.261 e. The van der Waals surface area contributed by atoms with Crippen LogP contribution >= 0.6 is 0 Å². The average molecular weight is 361 g/mol. The van der Waals surface area contributed by atoms with Gasteiger partial charge in [0.2, 0.25) is 0 Å². The van der Waals surface area contributed by atoms with Crippen LogP contribution in [0.1, 0.15) is 17.3 Å². The summed E-state index contributed by atoms with van der Waals surface area (Å²) in [5.41, 5.74) is 0.763. The quantitative estimate of drug-likeness (QED) is 0.749. The van der Waals surface area contributed by atoms with Gasteiger partial charge in [-0.1, -0.05) is 24.3 Å². The van der Waals surface area contributed by atoms with Crippen molar-refractivity contribution in [2.45, 2.75) is 6.92 Å². The Hall–Kier alpha value is -3.41. The molecule has 0 bridgehead atoms. The van der Waals surface area contributed by atoms with Gasteiger partial charge in [0.15, 0.2) is 0 Å². The zero-order chi connectivity index (χ0) is 18.8. The van der Waals surface area contributed by atoms with Crippen molar-refractivity contribution in [2.24, 2.45) is 9.98 Å². The fraction of sp³-hybridized carbons (Fsp3) is 0.190. The van der Waals surface area contributed by atoms with E-state index in [0.717, 1.165) is 11.1 Å². The molecule has 0 unspecified atom stereocenters. The number of phenolic OH excluding ortho intramolecular Hbond substituents is 1. The third-order valence-electron chi connectivity index (χ3n) is 4.43. The molecule has 0 saturated carbocycles. The number of carbonyl (C=O) groups is 1. The molecule has 6 nitrogen and oxygen atoms in total. The fourth-order valence-electron chi connectivity index (χ4n) is 3.24. The van der Waals surface area contributed by atoms with Crippen LogP contribution in [-0.2, 0) is 0 Å². The lowest BCUT2D eigenvalue weighted by atomic mass is 10.0. The van der Waals surface area contributed by atoms with Gasteiger partial charge in [-0.25, -0.2) is 0 Å². The van der Waals surface area contributed by atoms with Crippen molar-refractivity contribution in [3.05, 3.63) is 64.8 Å². The van der Waals surface area contributed by atoms with Gasteiger partial charge < -0.3 is 15.2 Å². The number of ether oxygens (including phenoxy) is 1. The molecule has 136 valence electrons. The summed E-state index contributed by atoms with van der Waals surface area (Å²) in [5, 5.41) is 16.1. The highest BCUT2D eigenvalue weighted by atomic mass is 16.5. The summed E-state index contributed by atoms with van der Waals surface area (Å²) in [6.07, 6.45) is 0. The van der Waals surface area contributed by atoms with Crippen LogP contribution in [0.3, 0.4) is 0 Å². The van der Waals surface area contributed by atoms with E-state index in [0.29, 0.717) is 41.5 Å². The standard InChI is InChI=1S/C21H19N3O3/c1-2-27-14-9-7-13(8-10-14)24-21(26)17-19-18(22-11-12-23-19)15-5-3-4-6-16(15)20(17)25/h3-10,25H,2,11-12H2,1H3,(H,24,26). The molecule has 3 aromatic carbocycles. The zero-order valence-electron chi connectivity index (χ0n) is 14.9. The first-order valence-electron chi connectivity index (χ1n) is 8.86. The van der Waals surface area contributed by atoms with Gasteiger partial charge in [-0.2, -0.15) is 0 Å². The van der Waals surface area contributed by atoms with Crippen LogP contribution in [0, 0.1) is 0 Å². The summed E-state index contributed by atoms with van der Waals surface area (Å²) in [7, 11) is 0. The lowest BCUT2D eigenvalue weighted by molar-refractivity contribution is 0.102. The largest absolute Gasteiger partial charge is 0.506 e. The first-order chi connectivity index (χ1) is 13.2. The lowest BCUT2D eigenvalue weighted by Gasteiger charge is -2.13. The summed E-state index contributed by atoms with van der Waals surface area (Å²) in [6, 6.07) is 14.5. The zero-order valence-corrected chi connectivity index (χ0v) is 14.9. The predicted molar refractivity (Wildman–Crippen MR) is 103 cm³/mol. The minimum Gasteiger partial charge on any atom is -0.506 e. The number of hydrogen-bond acceptors (Lipinski definition) is 5. The van der Waals surface area contributed by atoms with Gasteiger partial charge in [-0.15, -0.1) is 0 Å². The van der Waals surface area contributed by atoms with Crippen LogP contribution < -0.4 is 20.8 Å². The van der Waals surface area contributed by atoms with Crippen molar-refractivity contribution < 1.29 is 14.6 Å². The maximum absolute atomic E-state index is 13.0. The van der Waals surface area contributed by atoms with Gasteiger partial charge >= 0.3 is 0 Å². The molecule has 4 rings (SSSR count). The molecule has 0 saturated heterocycles. The highest BCUT2D eigenvalue weighted by Crippen LogP contribution is 2.25. The third kappa shape index (κ3) is 3.10. The van der Waals surface area contributed by atoms with Crippen LogP contribution in [0.15, 0.2) is 58.5 Å². The van der Waals surface area contributed by atoms with Gasteiger partial charge in [0.05, 0.1) is 30.4 Å². The molecular formula is C21H19N3O3. The second-order valence-corrected chi connectivity index (χ2v) is 6.14. The van der Waals surface area contributed by atoms with Crippen LogP contribution in [0.5, 0.6) is 11.5 Å². The number of fused-ring (bicyclic) bond motifs is 3. The van der Waals surface area contributed by atoms with Gasteiger partial charge in [0.1, 0.15) is 17.1 Å². The fourth-order valence-corrected chi connectivity index (χ4v) is 3.24. The Bertz CT molecular complexity index is 1140. The Kier molecular flexibility index (Phi) is 4.46. The predicted octanol–water partition coefficient (Wildman–Crippen LogP) is 2.45. The van der Waals surface area contributed by atoms with Crippen LogP contribution in [0.4, 0.5) is 5.69 Å². The number of benzene rings is 3. The normalized spacial score (nSPS) is 12.6. The molecule has 0 spiro atoms. The molecule has 1 aliphatic rings. The molecule has 0 aliphatic carbocycles. The van der Waals surface area contributed by atoms with E-state index in [2.05, 4.69) is 15.3 Å². The molecule has 1 heterocycles. The smallest absolute Gasteiger partial charge is 0.261 e. The summed E-state index contributed by atoms with van der Waals surface area (Å²) >= 11 is 0. The topological polar surface area (TPSA) is 83.3 Å². The van der Waals surface area contributed by atoms with E-state index < -0.39 is 5.91 Å². The summed E-state index contributed by atoms with van der Waals surface area (Å²) in [5.74, 6) is 0.239. The Labute approximate surface area is 155 Å². The molecule has 3 aromatic rings. The molecule has 1 aliphatic heterocycles. The lowest BCUT2D eigenvalue weighted by Crippen LogP contribution is -2.37. The molecule has 2 N–H and O–H groups in total. The Balaban J connectivity index is 1.79. The molecule has 0 fully saturated rings. The van der Waals surface area contributed by atoms with E-state index in [4.69, 9.17) is 4.74 Å². The van der Waals surface area contributed by atoms with E-state index in [1.54, 1.807) is 30.3 Å². The molecule has 27 heavy (non-hydrogen) atoms. The molecule has 0 atom stereocenters. The van der Waals surface area contributed by atoms with E-state index in [1.807, 2.05) is 25.1 Å². The first kappa shape index (κ1) is 17.0. The van der Waals surface area contributed by atoms with Gasteiger partial charge in [0, 0.05) is 16.5 Å². The monoisotopic (exact) mass is 361 g/mol. The first-order valence-corrected chi connectivity index (χ1v) is 8.86. The number of nitrogens with one attached hydrogen (secondary N) is 1. The maximum atomic E-state index is 13.0. The number of aromatic hydroxyl groups is 1. The van der Waals surface area contributed by atoms with Crippen molar-refractivity contribution in [1.82, 2.24) is 0 Å². The second kappa shape index (κ2) is 7.07. The van der Waals surface area contributed by atoms with Crippen LogP contribution in [0.2, 0.25) is 0 Å². The van der Waals surface area contributed by atoms with E-state index in [9.17, 15) is 9.90 Å². The highest BCUT2D eigenvalue weighted by Gasteiger charge is 2.20. The number of hydrogen-bond donors (Lipinski definition) is 2. The van der Waals surface area contributed by atoms with E-state index in [1.165, 1.54) is 0 Å². The summed E-state index contributed by atoms with van der Waals surface area (Å²) < 4.78 is 5.41. The highest BCUT2D eigenvalue weighted by molar-refractivity contribution is 6.09. The van der Waals surface area contributed by atoms with Gasteiger partial charge in [-0.3, -0.25) is 14.8 Å². The second-order valence-electron chi connectivity index (χ2n) is 6.14. The minimum absolute atomic E-state index is 0.0753. The molecule has 0 aromatic heterocycles. The average Bonchev–Trinajstić information content (AvgIpc) is 2.70. The number of anilines is 1. The number of amides is 1. The number of rotatable bonds is 4. The van der Waals surface area contributed by atoms with Crippen molar-refractivity contribution in [3.8, 4) is 11.5 Å². The minimum atomic E-state index is -0.417. The molecule has 6 heteroatoms. The SMILES string of the molecule is CCOc1ccc(NC(=O)c2c(O)c3ccccc3c3c2=NCCN=3)cc1. The number of nitrogens with zero attached hydrogens (tertiary/aromatic N) is 2. The van der Waals surface area contributed by atoms with Crippen molar-refractivity contribution in [2.75, 3.05) is 25.0 Å². The van der Waals surface area contributed by atoms with Crippen molar-refractivity contribution >= 4 is 22.4 Å². The van der Waals surface area contributed by atoms with Crippen molar-refractivity contribution in [1.29, 1.82) is 0 Å². The third-order valence-corrected chi connectivity index (χ3v) is 4.43. The Morgan fingerprint density at radius 1 is 1.04 bits per heavy atom. The van der Waals surface area contributed by atoms with E-state index >= 15 is 0 Å². The van der Waals surface area contributed by atoms with Crippen LogP contribution in [0.25, 0.3) is 10.8 Å². The summed E-state index contributed by atoms with van der Waals surface area (Å²) in [6.45, 7) is 3.56. The van der Waals surface area contributed by atoms with E-state index in [-0.39, 0.29) is 11.3 Å².